The molecule has 1 saturated carbocycles. The summed E-state index contributed by atoms with van der Waals surface area (Å²) in [6.45, 7) is 0. The van der Waals surface area contributed by atoms with Crippen LogP contribution < -0.4 is 0 Å². The third kappa shape index (κ3) is 1.73. The second-order valence-corrected chi connectivity index (χ2v) is 4.22. The average molecular weight is 210 g/mol. The molecule has 0 unspecified atom stereocenters. The Morgan fingerprint density at radius 3 is 2.71 bits per heavy atom. The summed E-state index contributed by atoms with van der Waals surface area (Å²) in [5.74, 6) is -0.405. The van der Waals surface area contributed by atoms with Crippen LogP contribution in [0.5, 0.6) is 0 Å². The van der Waals surface area contributed by atoms with Crippen molar-refractivity contribution in [3.8, 4) is 6.07 Å². The molecule has 1 aromatic carbocycles. The molecule has 2 rings (SSSR count). The van der Waals surface area contributed by atoms with Gasteiger partial charge in [0.05, 0.1) is 16.5 Å². The molecule has 1 aliphatic rings. The van der Waals surface area contributed by atoms with Gasteiger partial charge in [0.1, 0.15) is 5.82 Å². The summed E-state index contributed by atoms with van der Waals surface area (Å²) in [7, 11) is 0. The highest BCUT2D eigenvalue weighted by Gasteiger charge is 2.42. The second-order valence-electron chi connectivity index (χ2n) is 3.82. The number of hydrogen-bond acceptors (Lipinski definition) is 1. The zero-order valence-electron chi connectivity index (χ0n) is 7.56. The van der Waals surface area contributed by atoms with Crippen LogP contribution in [-0.4, -0.2) is 0 Å². The van der Waals surface area contributed by atoms with Crippen LogP contribution in [0.3, 0.4) is 0 Å². The Morgan fingerprint density at radius 2 is 2.21 bits per heavy atom. The zero-order chi connectivity index (χ0) is 10.2. The van der Waals surface area contributed by atoms with Gasteiger partial charge in [0.2, 0.25) is 0 Å². The standard InChI is InChI=1S/C11H9ClFN/c12-9-2-1-8(5-10(9)13)6-11(7-14)3-4-11/h1-2,5H,3-4,6H2. The van der Waals surface area contributed by atoms with E-state index in [0.29, 0.717) is 6.42 Å². The molecule has 0 radical (unpaired) electrons. The van der Waals surface area contributed by atoms with Crippen molar-refractivity contribution in [2.75, 3.05) is 0 Å². The molecule has 72 valence electrons. The fourth-order valence-electron chi connectivity index (χ4n) is 1.52. The summed E-state index contributed by atoms with van der Waals surface area (Å²) < 4.78 is 13.1. The van der Waals surface area contributed by atoms with Gasteiger partial charge in [-0.15, -0.1) is 0 Å². The van der Waals surface area contributed by atoms with E-state index in [1.165, 1.54) is 6.07 Å². The molecule has 1 aromatic rings. The largest absolute Gasteiger partial charge is 0.205 e. The Labute approximate surface area is 87.1 Å². The van der Waals surface area contributed by atoms with Crippen molar-refractivity contribution in [2.24, 2.45) is 5.41 Å². The van der Waals surface area contributed by atoms with E-state index >= 15 is 0 Å². The van der Waals surface area contributed by atoms with Crippen molar-refractivity contribution in [1.82, 2.24) is 0 Å². The molecule has 0 aromatic heterocycles. The lowest BCUT2D eigenvalue weighted by atomic mass is 9.98. The van der Waals surface area contributed by atoms with Crippen molar-refractivity contribution in [3.05, 3.63) is 34.6 Å². The number of benzene rings is 1. The summed E-state index contributed by atoms with van der Waals surface area (Å²) in [6.07, 6.45) is 2.49. The Bertz CT molecular complexity index is 404. The quantitative estimate of drug-likeness (QED) is 0.733. The first-order chi connectivity index (χ1) is 6.65. The van der Waals surface area contributed by atoms with Crippen LogP contribution in [0.4, 0.5) is 4.39 Å². The molecule has 0 saturated heterocycles. The van der Waals surface area contributed by atoms with Gasteiger partial charge in [-0.05, 0) is 37.0 Å². The summed E-state index contributed by atoms with van der Waals surface area (Å²) in [4.78, 5) is 0. The molecular weight excluding hydrogens is 201 g/mol. The molecule has 14 heavy (non-hydrogen) atoms. The third-order valence-corrected chi connectivity index (χ3v) is 2.92. The molecule has 1 nitrogen and oxygen atoms in total. The first-order valence-electron chi connectivity index (χ1n) is 4.50. The van der Waals surface area contributed by atoms with Crippen molar-refractivity contribution in [3.63, 3.8) is 0 Å². The van der Waals surface area contributed by atoms with Crippen LogP contribution in [0.15, 0.2) is 18.2 Å². The lowest BCUT2D eigenvalue weighted by molar-refractivity contribution is 0.616. The Hall–Kier alpha value is -1.07. The van der Waals surface area contributed by atoms with E-state index in [0.717, 1.165) is 18.4 Å². The van der Waals surface area contributed by atoms with Crippen molar-refractivity contribution >= 4 is 11.6 Å². The second kappa shape index (κ2) is 3.25. The summed E-state index contributed by atoms with van der Waals surface area (Å²) in [5, 5.41) is 9.01. The first-order valence-corrected chi connectivity index (χ1v) is 4.88. The number of nitriles is 1. The topological polar surface area (TPSA) is 23.8 Å². The third-order valence-electron chi connectivity index (χ3n) is 2.62. The van der Waals surface area contributed by atoms with Crippen LogP contribution >= 0.6 is 11.6 Å². The van der Waals surface area contributed by atoms with Gasteiger partial charge in [0.15, 0.2) is 0 Å². The van der Waals surface area contributed by atoms with E-state index in [1.807, 2.05) is 0 Å². The van der Waals surface area contributed by atoms with E-state index in [1.54, 1.807) is 12.1 Å². The predicted octanol–water partition coefficient (Wildman–Crippen LogP) is 3.33. The molecular formula is C11H9ClFN. The van der Waals surface area contributed by atoms with Crippen LogP contribution in [0.1, 0.15) is 18.4 Å². The predicted molar refractivity (Wildman–Crippen MR) is 52.4 cm³/mol. The number of hydrogen-bond donors (Lipinski definition) is 0. The first kappa shape index (κ1) is 9.48. The summed E-state index contributed by atoms with van der Waals surface area (Å²) in [6, 6.07) is 7.02. The maximum Gasteiger partial charge on any atom is 0.142 e. The van der Waals surface area contributed by atoms with E-state index < -0.39 is 5.82 Å². The van der Waals surface area contributed by atoms with E-state index in [4.69, 9.17) is 16.9 Å². The van der Waals surface area contributed by atoms with Gasteiger partial charge in [-0.3, -0.25) is 0 Å². The van der Waals surface area contributed by atoms with Crippen LogP contribution in [0.25, 0.3) is 0 Å². The molecule has 0 bridgehead atoms. The van der Waals surface area contributed by atoms with Gasteiger partial charge in [0.25, 0.3) is 0 Å². The van der Waals surface area contributed by atoms with Gasteiger partial charge >= 0.3 is 0 Å². The number of halogens is 2. The highest BCUT2D eigenvalue weighted by molar-refractivity contribution is 6.30. The fraction of sp³-hybridized carbons (Fsp3) is 0.364. The maximum absolute atomic E-state index is 13.1. The SMILES string of the molecule is N#CC1(Cc2ccc(Cl)c(F)c2)CC1. The molecule has 3 heteroatoms. The van der Waals surface area contributed by atoms with Gasteiger partial charge in [0, 0.05) is 0 Å². The highest BCUT2D eigenvalue weighted by Crippen LogP contribution is 2.47. The van der Waals surface area contributed by atoms with Crippen molar-refractivity contribution < 1.29 is 4.39 Å². The minimum atomic E-state index is -0.405. The Morgan fingerprint density at radius 1 is 1.50 bits per heavy atom. The molecule has 0 amide bonds. The molecule has 0 spiro atoms. The van der Waals surface area contributed by atoms with Crippen molar-refractivity contribution in [1.29, 1.82) is 5.26 Å². The van der Waals surface area contributed by atoms with Crippen molar-refractivity contribution in [2.45, 2.75) is 19.3 Å². The highest BCUT2D eigenvalue weighted by atomic mass is 35.5. The molecule has 0 aliphatic heterocycles. The number of nitrogens with zero attached hydrogens (tertiary/aromatic N) is 1. The zero-order valence-corrected chi connectivity index (χ0v) is 8.31. The maximum atomic E-state index is 13.1. The fourth-order valence-corrected chi connectivity index (χ4v) is 1.64. The van der Waals surface area contributed by atoms with E-state index in [9.17, 15) is 4.39 Å². The van der Waals surface area contributed by atoms with Gasteiger partial charge in [-0.1, -0.05) is 17.7 Å². The molecule has 1 aliphatic carbocycles. The molecule has 0 atom stereocenters. The van der Waals surface area contributed by atoms with E-state index in [-0.39, 0.29) is 10.4 Å². The monoisotopic (exact) mass is 209 g/mol. The Balaban J connectivity index is 2.19. The van der Waals surface area contributed by atoms with Gasteiger partial charge in [-0.25, -0.2) is 4.39 Å². The number of rotatable bonds is 2. The van der Waals surface area contributed by atoms with E-state index in [2.05, 4.69) is 6.07 Å². The molecule has 1 fully saturated rings. The minimum absolute atomic E-state index is 0.135. The lowest BCUT2D eigenvalue weighted by Gasteiger charge is -2.05. The van der Waals surface area contributed by atoms with Crippen LogP contribution in [-0.2, 0) is 6.42 Å². The average Bonchev–Trinajstić information content (AvgIpc) is 2.93. The minimum Gasteiger partial charge on any atom is -0.205 e. The van der Waals surface area contributed by atoms with Crippen LogP contribution in [0.2, 0.25) is 5.02 Å². The van der Waals surface area contributed by atoms with Crippen LogP contribution in [0, 0.1) is 22.6 Å². The summed E-state index contributed by atoms with van der Waals surface area (Å²) in [5.41, 5.74) is 0.631. The molecule has 0 heterocycles. The lowest BCUT2D eigenvalue weighted by Crippen LogP contribution is -2.01. The molecule has 0 N–H and O–H groups in total. The Kier molecular flexibility index (Phi) is 2.20. The normalized spacial score (nSPS) is 17.5. The van der Waals surface area contributed by atoms with Gasteiger partial charge < -0.3 is 0 Å². The summed E-state index contributed by atoms with van der Waals surface area (Å²) >= 11 is 5.56. The smallest absolute Gasteiger partial charge is 0.142 e. The van der Waals surface area contributed by atoms with Gasteiger partial charge in [-0.2, -0.15) is 5.26 Å².